The zero-order valence-corrected chi connectivity index (χ0v) is 14.1. The number of para-hydroxylation sites is 1. The third kappa shape index (κ3) is 2.49. The van der Waals surface area contributed by atoms with E-state index in [4.69, 9.17) is 8.83 Å². The van der Waals surface area contributed by atoms with Crippen LogP contribution in [0.5, 0.6) is 5.75 Å². The summed E-state index contributed by atoms with van der Waals surface area (Å²) in [6.45, 7) is 3.48. The molecule has 0 amide bonds. The number of aromatic hydroxyl groups is 1. The number of oxazole rings is 1. The quantitative estimate of drug-likeness (QED) is 0.730. The molecule has 2 heterocycles. The van der Waals surface area contributed by atoms with E-state index >= 15 is 0 Å². The number of hydrogen-bond acceptors (Lipinski definition) is 6. The normalized spacial score (nSPS) is 10.3. The molecule has 0 saturated carbocycles. The predicted molar refractivity (Wildman–Crippen MR) is 66.4 cm³/mol. The molecule has 20 heavy (non-hydrogen) atoms. The third-order valence-corrected chi connectivity index (χ3v) is 2.65. The van der Waals surface area contributed by atoms with Gasteiger partial charge in [-0.1, -0.05) is 12.1 Å². The van der Waals surface area contributed by atoms with Gasteiger partial charge in [0.2, 0.25) is 17.5 Å². The monoisotopic (exact) mass is 321 g/mol. The van der Waals surface area contributed by atoms with Crippen LogP contribution in [0.4, 0.5) is 0 Å². The Hall–Kier alpha value is -2.01. The molecule has 0 atom stereocenters. The van der Waals surface area contributed by atoms with Crippen LogP contribution in [0.15, 0.2) is 33.1 Å². The largest absolute Gasteiger partial charge is 0.507 e. The molecule has 0 spiro atoms. The minimum absolute atomic E-state index is 0. The Bertz CT molecular complexity index is 736. The smallest absolute Gasteiger partial charge is 0.285 e. The Morgan fingerprint density at radius 3 is 2.40 bits per heavy atom. The predicted octanol–water partition coefficient (Wildman–Crippen LogP) is 2.71. The maximum absolute atomic E-state index is 9.79. The molecule has 0 aliphatic rings. The first-order valence-corrected chi connectivity index (χ1v) is 5.71. The van der Waals surface area contributed by atoms with E-state index < -0.39 is 0 Å². The zero-order chi connectivity index (χ0) is 13.4. The molecule has 0 unspecified atom stereocenters. The minimum Gasteiger partial charge on any atom is -0.507 e. The average molecular weight is 323 g/mol. The summed E-state index contributed by atoms with van der Waals surface area (Å²) in [5, 5.41) is 17.4. The van der Waals surface area contributed by atoms with Crippen LogP contribution in [0.3, 0.4) is 0 Å². The van der Waals surface area contributed by atoms with Gasteiger partial charge in [-0.2, -0.15) is 0 Å². The second-order valence-electron chi connectivity index (χ2n) is 4.08. The number of aryl methyl sites for hydroxylation is 2. The van der Waals surface area contributed by atoms with Gasteiger partial charge in [0, 0.05) is 26.4 Å². The first-order chi connectivity index (χ1) is 9.15. The molecule has 7 heteroatoms. The van der Waals surface area contributed by atoms with Crippen LogP contribution in [0.2, 0.25) is 0 Å². The maximum atomic E-state index is 9.79. The van der Waals surface area contributed by atoms with E-state index in [0.717, 1.165) is 0 Å². The Kier molecular flexibility index (Phi) is 3.99. The van der Waals surface area contributed by atoms with Crippen molar-refractivity contribution in [1.82, 2.24) is 15.2 Å². The van der Waals surface area contributed by atoms with Gasteiger partial charge in [-0.05, 0) is 19.1 Å². The molecule has 6 nitrogen and oxygen atoms in total. The van der Waals surface area contributed by atoms with Gasteiger partial charge >= 0.3 is 0 Å². The Balaban J connectivity index is 0.00000147. The molecule has 1 aromatic carbocycles. The van der Waals surface area contributed by atoms with E-state index in [-0.39, 0.29) is 31.1 Å². The van der Waals surface area contributed by atoms with Crippen LogP contribution in [-0.2, 0) is 19.5 Å². The molecule has 3 aromatic rings. The summed E-state index contributed by atoms with van der Waals surface area (Å²) in [6, 6.07) is 6.83. The van der Waals surface area contributed by atoms with E-state index in [9.17, 15) is 5.11 Å². The molecule has 0 bridgehead atoms. The van der Waals surface area contributed by atoms with Gasteiger partial charge in [0.15, 0.2) is 0 Å². The fourth-order valence-electron chi connectivity index (χ4n) is 1.75. The van der Waals surface area contributed by atoms with Crippen molar-refractivity contribution in [2.75, 3.05) is 0 Å². The van der Waals surface area contributed by atoms with Crippen LogP contribution in [0.25, 0.3) is 23.1 Å². The van der Waals surface area contributed by atoms with E-state index in [2.05, 4.69) is 15.2 Å². The molecule has 1 N–H and O–H groups in total. The summed E-state index contributed by atoms with van der Waals surface area (Å²) in [4.78, 5) is 4.27. The number of aromatic nitrogens is 3. The second-order valence-corrected chi connectivity index (χ2v) is 4.08. The van der Waals surface area contributed by atoms with Gasteiger partial charge < -0.3 is 13.9 Å². The van der Waals surface area contributed by atoms with Crippen molar-refractivity contribution in [1.29, 1.82) is 0 Å². The average Bonchev–Trinajstić information content (AvgIpc) is 2.96. The van der Waals surface area contributed by atoms with Gasteiger partial charge in [0.25, 0.3) is 5.89 Å². The number of phenolic OH excluding ortho intramolecular Hbond substituents is 1. The molecule has 0 fully saturated rings. The standard InChI is InChI=1S/C13H11N3O3.Zn/c1-7-11(13-16-15-8(2)18-13)19-12(14-7)9-5-3-4-6-10(9)17;/h3-6,17H,1-2H3;. The summed E-state index contributed by atoms with van der Waals surface area (Å²) >= 11 is 0. The maximum Gasteiger partial charge on any atom is 0.285 e. The van der Waals surface area contributed by atoms with Crippen molar-refractivity contribution in [3.8, 4) is 28.9 Å². The van der Waals surface area contributed by atoms with E-state index in [1.807, 2.05) is 0 Å². The van der Waals surface area contributed by atoms with Gasteiger partial charge in [0.05, 0.1) is 11.3 Å². The summed E-state index contributed by atoms with van der Waals surface area (Å²) in [5.41, 5.74) is 1.15. The van der Waals surface area contributed by atoms with Crippen molar-refractivity contribution >= 4 is 0 Å². The fraction of sp³-hybridized carbons (Fsp3) is 0.154. The summed E-state index contributed by atoms with van der Waals surface area (Å²) in [5.74, 6) is 1.58. The number of hydrogen-bond donors (Lipinski definition) is 1. The molecule has 2 aromatic heterocycles. The summed E-state index contributed by atoms with van der Waals surface area (Å²) in [6.07, 6.45) is 0. The van der Waals surface area contributed by atoms with Crippen LogP contribution in [0.1, 0.15) is 11.6 Å². The zero-order valence-electron chi connectivity index (χ0n) is 11.1. The van der Waals surface area contributed by atoms with Crippen molar-refractivity contribution in [3.05, 3.63) is 35.9 Å². The Morgan fingerprint density at radius 2 is 1.75 bits per heavy atom. The SMILES string of the molecule is Cc1nnc(-c2oc(-c3ccccc3O)nc2C)o1.[Zn]. The third-order valence-electron chi connectivity index (χ3n) is 2.65. The molecule has 3 rings (SSSR count). The summed E-state index contributed by atoms with van der Waals surface area (Å²) < 4.78 is 10.9. The van der Waals surface area contributed by atoms with Crippen molar-refractivity contribution in [3.63, 3.8) is 0 Å². The Morgan fingerprint density at radius 1 is 1.00 bits per heavy atom. The molecule has 0 aliphatic heterocycles. The first kappa shape index (κ1) is 14.4. The minimum atomic E-state index is 0. The van der Waals surface area contributed by atoms with E-state index in [0.29, 0.717) is 28.8 Å². The molecule has 0 radical (unpaired) electrons. The fourth-order valence-corrected chi connectivity index (χ4v) is 1.75. The Labute approximate surface area is 127 Å². The van der Waals surface area contributed by atoms with E-state index in [1.54, 1.807) is 38.1 Å². The topological polar surface area (TPSA) is 85.2 Å². The van der Waals surface area contributed by atoms with Gasteiger partial charge in [-0.25, -0.2) is 4.98 Å². The van der Waals surface area contributed by atoms with Crippen LogP contribution in [-0.4, -0.2) is 20.3 Å². The number of rotatable bonds is 2. The molecule has 0 aliphatic carbocycles. The van der Waals surface area contributed by atoms with Crippen LogP contribution >= 0.6 is 0 Å². The van der Waals surface area contributed by atoms with Crippen molar-refractivity contribution < 1.29 is 33.4 Å². The van der Waals surface area contributed by atoms with Crippen LogP contribution < -0.4 is 0 Å². The first-order valence-electron chi connectivity index (χ1n) is 5.71. The van der Waals surface area contributed by atoms with E-state index in [1.165, 1.54) is 0 Å². The van der Waals surface area contributed by atoms with Crippen LogP contribution in [0, 0.1) is 13.8 Å². The second kappa shape index (κ2) is 5.55. The molecule has 0 saturated heterocycles. The van der Waals surface area contributed by atoms with Crippen molar-refractivity contribution in [2.45, 2.75) is 13.8 Å². The van der Waals surface area contributed by atoms with Crippen molar-refractivity contribution in [2.24, 2.45) is 0 Å². The molecular weight excluding hydrogens is 312 g/mol. The van der Waals surface area contributed by atoms with Gasteiger partial charge in [-0.3, -0.25) is 0 Å². The summed E-state index contributed by atoms with van der Waals surface area (Å²) in [7, 11) is 0. The molecular formula is C13H11N3O3Zn. The van der Waals surface area contributed by atoms with Gasteiger partial charge in [-0.15, -0.1) is 10.2 Å². The number of benzene rings is 1. The molecule has 98 valence electrons. The van der Waals surface area contributed by atoms with Gasteiger partial charge in [0.1, 0.15) is 5.75 Å². The number of nitrogens with zero attached hydrogens (tertiary/aromatic N) is 3. The number of phenols is 1.